The van der Waals surface area contributed by atoms with Gasteiger partial charge in [-0.3, -0.25) is 4.79 Å². The Morgan fingerprint density at radius 1 is 1.10 bits per heavy atom. The number of carbonyl (C=O) groups excluding carboxylic acids is 1. The zero-order chi connectivity index (χ0) is 21.6. The predicted octanol–water partition coefficient (Wildman–Crippen LogP) is 2.43. The molecule has 0 saturated carbocycles. The second-order valence-corrected chi connectivity index (χ2v) is 8.65. The monoisotopic (exact) mass is 434 g/mol. The number of ether oxygens (including phenoxy) is 3. The number of hydrogen-bond donors (Lipinski definition) is 1. The molecule has 9 heteroatoms. The Bertz CT molecular complexity index is 987. The van der Waals surface area contributed by atoms with E-state index in [4.69, 9.17) is 14.2 Å². The second kappa shape index (κ2) is 9.92. The van der Waals surface area contributed by atoms with Crippen molar-refractivity contribution < 1.29 is 27.4 Å². The van der Waals surface area contributed by atoms with Crippen molar-refractivity contribution in [2.45, 2.75) is 18.7 Å². The Hall–Kier alpha value is -2.62. The first-order valence-electron chi connectivity index (χ1n) is 9.75. The first-order valence-corrected chi connectivity index (χ1v) is 11.2. The molecule has 0 spiro atoms. The number of sulfonamides is 1. The molecular formula is C21H26N2O6S. The lowest BCUT2D eigenvalue weighted by Gasteiger charge is -2.26. The summed E-state index contributed by atoms with van der Waals surface area (Å²) in [4.78, 5) is 12.5. The molecule has 1 aliphatic rings. The van der Waals surface area contributed by atoms with Crippen molar-refractivity contribution in [3.63, 3.8) is 0 Å². The molecule has 0 bridgehead atoms. The van der Waals surface area contributed by atoms with Gasteiger partial charge in [-0.1, -0.05) is 12.1 Å². The van der Waals surface area contributed by atoms with Gasteiger partial charge in [0, 0.05) is 13.1 Å². The normalized spacial score (nSPS) is 14.9. The summed E-state index contributed by atoms with van der Waals surface area (Å²) >= 11 is 0. The predicted molar refractivity (Wildman–Crippen MR) is 112 cm³/mol. The van der Waals surface area contributed by atoms with Crippen molar-refractivity contribution in [1.82, 2.24) is 4.31 Å². The number of morpholine rings is 1. The number of rotatable bonds is 8. The highest BCUT2D eigenvalue weighted by atomic mass is 32.2. The van der Waals surface area contributed by atoms with E-state index in [9.17, 15) is 13.2 Å². The van der Waals surface area contributed by atoms with Crippen molar-refractivity contribution in [2.75, 3.05) is 44.8 Å². The fourth-order valence-electron chi connectivity index (χ4n) is 3.06. The Labute approximate surface area is 176 Å². The lowest BCUT2D eigenvalue weighted by Crippen LogP contribution is -2.40. The van der Waals surface area contributed by atoms with Crippen LogP contribution in [0.3, 0.4) is 0 Å². The Morgan fingerprint density at radius 3 is 2.53 bits per heavy atom. The number of hydrogen-bond acceptors (Lipinski definition) is 6. The molecule has 3 rings (SSSR count). The van der Waals surface area contributed by atoms with Crippen LogP contribution in [-0.4, -0.2) is 58.1 Å². The van der Waals surface area contributed by atoms with Crippen molar-refractivity contribution in [3.8, 4) is 11.5 Å². The van der Waals surface area contributed by atoms with Crippen LogP contribution in [0.1, 0.15) is 12.5 Å². The molecule has 0 aromatic heterocycles. The number of aryl methyl sites for hydroxylation is 1. The molecule has 0 radical (unpaired) electrons. The number of anilines is 1. The average molecular weight is 435 g/mol. The number of nitrogens with zero attached hydrogens (tertiary/aromatic N) is 1. The molecule has 162 valence electrons. The van der Waals surface area contributed by atoms with E-state index in [1.165, 1.54) is 10.4 Å². The fraction of sp³-hybridized carbons (Fsp3) is 0.381. The molecule has 1 amide bonds. The van der Waals surface area contributed by atoms with Crippen LogP contribution in [0, 0.1) is 6.92 Å². The van der Waals surface area contributed by atoms with Crippen LogP contribution in [-0.2, 0) is 19.6 Å². The Kier molecular flexibility index (Phi) is 7.30. The third-order valence-corrected chi connectivity index (χ3v) is 6.47. The van der Waals surface area contributed by atoms with E-state index in [0.29, 0.717) is 55.7 Å². The van der Waals surface area contributed by atoms with Crippen LogP contribution in [0.5, 0.6) is 11.5 Å². The number of carbonyl (C=O) groups is 1. The second-order valence-electron chi connectivity index (χ2n) is 6.71. The van der Waals surface area contributed by atoms with Crippen molar-refractivity contribution in [3.05, 3.63) is 48.0 Å². The third kappa shape index (κ3) is 5.29. The van der Waals surface area contributed by atoms with Crippen LogP contribution in [0.25, 0.3) is 0 Å². The molecule has 2 aromatic carbocycles. The molecular weight excluding hydrogens is 408 g/mol. The highest BCUT2D eigenvalue weighted by molar-refractivity contribution is 7.89. The van der Waals surface area contributed by atoms with Gasteiger partial charge in [-0.05, 0) is 49.7 Å². The molecule has 2 aromatic rings. The molecule has 0 unspecified atom stereocenters. The number of nitrogens with one attached hydrogen (secondary N) is 1. The molecule has 1 N–H and O–H groups in total. The summed E-state index contributed by atoms with van der Waals surface area (Å²) in [6.07, 6.45) is 0. The third-order valence-electron chi connectivity index (χ3n) is 4.57. The van der Waals surface area contributed by atoms with E-state index >= 15 is 0 Å². The summed E-state index contributed by atoms with van der Waals surface area (Å²) in [5.41, 5.74) is 1.20. The molecule has 0 atom stereocenters. The number of benzene rings is 2. The first-order chi connectivity index (χ1) is 14.4. The van der Waals surface area contributed by atoms with Crippen molar-refractivity contribution in [2.24, 2.45) is 0 Å². The molecule has 8 nitrogen and oxygen atoms in total. The standard InChI is InChI=1S/C21H26N2O6S/c1-3-28-20-7-5-4-6-18(20)22-21(24)15-29-19-9-8-17(14-16(19)2)30(25,26)23-10-12-27-13-11-23/h4-9,14H,3,10-13,15H2,1-2H3,(H,22,24). The smallest absolute Gasteiger partial charge is 0.262 e. The van der Waals surface area contributed by atoms with Crippen LogP contribution in [0.4, 0.5) is 5.69 Å². The van der Waals surface area contributed by atoms with Gasteiger partial charge in [0.05, 0.1) is 30.4 Å². The van der Waals surface area contributed by atoms with E-state index in [2.05, 4.69) is 5.32 Å². The zero-order valence-electron chi connectivity index (χ0n) is 17.1. The molecule has 1 saturated heterocycles. The average Bonchev–Trinajstić information content (AvgIpc) is 2.75. The Balaban J connectivity index is 1.63. The highest BCUT2D eigenvalue weighted by Crippen LogP contribution is 2.26. The Morgan fingerprint density at radius 2 is 1.83 bits per heavy atom. The maximum absolute atomic E-state index is 12.8. The molecule has 1 heterocycles. The molecule has 0 aliphatic carbocycles. The molecule has 30 heavy (non-hydrogen) atoms. The maximum atomic E-state index is 12.8. The molecule has 1 aliphatic heterocycles. The summed E-state index contributed by atoms with van der Waals surface area (Å²) in [6, 6.07) is 11.8. The summed E-state index contributed by atoms with van der Waals surface area (Å²) in [5.74, 6) is 0.693. The van der Waals surface area contributed by atoms with Crippen LogP contribution in [0.2, 0.25) is 0 Å². The van der Waals surface area contributed by atoms with Gasteiger partial charge in [0.2, 0.25) is 10.0 Å². The van der Waals surface area contributed by atoms with E-state index in [-0.39, 0.29) is 17.4 Å². The highest BCUT2D eigenvalue weighted by Gasteiger charge is 2.26. The van der Waals surface area contributed by atoms with Crippen molar-refractivity contribution in [1.29, 1.82) is 0 Å². The molecule has 1 fully saturated rings. The van der Waals surface area contributed by atoms with Crippen LogP contribution in [0.15, 0.2) is 47.4 Å². The lowest BCUT2D eigenvalue weighted by atomic mass is 10.2. The first kappa shape index (κ1) is 22.1. The van der Waals surface area contributed by atoms with Gasteiger partial charge in [0.25, 0.3) is 5.91 Å². The van der Waals surface area contributed by atoms with Gasteiger partial charge in [0.15, 0.2) is 6.61 Å². The van der Waals surface area contributed by atoms with E-state index in [0.717, 1.165) is 0 Å². The van der Waals surface area contributed by atoms with Gasteiger partial charge in [-0.15, -0.1) is 0 Å². The van der Waals surface area contributed by atoms with Crippen molar-refractivity contribution >= 4 is 21.6 Å². The summed E-state index contributed by atoms with van der Waals surface area (Å²) in [6.45, 7) is 5.34. The van der Waals surface area contributed by atoms with E-state index in [1.807, 2.05) is 13.0 Å². The fourth-order valence-corrected chi connectivity index (χ4v) is 4.55. The van der Waals surface area contributed by atoms with Gasteiger partial charge >= 0.3 is 0 Å². The zero-order valence-corrected chi connectivity index (χ0v) is 17.9. The van der Waals surface area contributed by atoms with E-state index in [1.54, 1.807) is 37.3 Å². The minimum Gasteiger partial charge on any atom is -0.492 e. The largest absolute Gasteiger partial charge is 0.492 e. The van der Waals surface area contributed by atoms with E-state index < -0.39 is 10.0 Å². The summed E-state index contributed by atoms with van der Waals surface area (Å²) < 4.78 is 43.2. The number of para-hydroxylation sites is 2. The van der Waals surface area contributed by atoms with Gasteiger partial charge in [-0.25, -0.2) is 8.42 Å². The SMILES string of the molecule is CCOc1ccccc1NC(=O)COc1ccc(S(=O)(=O)N2CCOCC2)cc1C. The van der Waals surface area contributed by atoms with Gasteiger partial charge in [0.1, 0.15) is 11.5 Å². The minimum absolute atomic E-state index is 0.198. The maximum Gasteiger partial charge on any atom is 0.262 e. The number of amides is 1. The van der Waals surface area contributed by atoms with Crippen LogP contribution >= 0.6 is 0 Å². The van der Waals surface area contributed by atoms with Gasteiger partial charge in [-0.2, -0.15) is 4.31 Å². The topological polar surface area (TPSA) is 94.2 Å². The van der Waals surface area contributed by atoms with Gasteiger partial charge < -0.3 is 19.5 Å². The quantitative estimate of drug-likeness (QED) is 0.686. The summed E-state index contributed by atoms with van der Waals surface area (Å²) in [5, 5.41) is 2.76. The summed E-state index contributed by atoms with van der Waals surface area (Å²) in [7, 11) is -3.58. The lowest BCUT2D eigenvalue weighted by molar-refractivity contribution is -0.118. The minimum atomic E-state index is -3.58. The van der Waals surface area contributed by atoms with Crippen LogP contribution < -0.4 is 14.8 Å².